The van der Waals surface area contributed by atoms with Gasteiger partial charge in [0, 0.05) is 20.5 Å². The number of benzene rings is 1. The van der Waals surface area contributed by atoms with Crippen LogP contribution in [-0.2, 0) is 4.79 Å². The molecule has 1 amide bonds. The van der Waals surface area contributed by atoms with Gasteiger partial charge in [0.05, 0.1) is 0 Å². The number of pyridine rings is 1. The number of halogens is 1. The molecule has 0 aliphatic carbocycles. The van der Waals surface area contributed by atoms with Crippen LogP contribution in [-0.4, -0.2) is 10.5 Å². The Bertz CT molecular complexity index is 648. The average molecular weight is 342 g/mol. The zero-order valence-corrected chi connectivity index (χ0v) is 11.3. The molecule has 1 heterocycles. The maximum atomic E-state index is 12.2. The van der Waals surface area contributed by atoms with E-state index in [1.807, 2.05) is 18.2 Å². The van der Waals surface area contributed by atoms with Crippen LogP contribution >= 0.6 is 22.6 Å². The molecule has 0 radical (unpaired) electrons. The van der Waals surface area contributed by atoms with Crippen molar-refractivity contribution in [1.82, 2.24) is 4.57 Å². The Morgan fingerprint density at radius 3 is 2.71 bits per heavy atom. The van der Waals surface area contributed by atoms with Crippen molar-refractivity contribution in [1.29, 1.82) is 0 Å². The first kappa shape index (κ1) is 12.1. The van der Waals surface area contributed by atoms with Crippen LogP contribution in [0.2, 0.25) is 0 Å². The standard InChI is InChI=1S/C12H11IN2O2/c1-7(11(14)16)15-6-5-8-9(12(15)17)3-2-4-10(8)13/h2-7H,1H3,(H2,14,16). The number of rotatable bonds is 2. The van der Waals surface area contributed by atoms with Gasteiger partial charge < -0.3 is 10.3 Å². The quantitative estimate of drug-likeness (QED) is 0.844. The number of carbonyl (C=O) groups is 1. The zero-order chi connectivity index (χ0) is 12.6. The van der Waals surface area contributed by atoms with Gasteiger partial charge in [-0.05, 0) is 47.7 Å². The van der Waals surface area contributed by atoms with E-state index in [0.29, 0.717) is 5.39 Å². The van der Waals surface area contributed by atoms with Gasteiger partial charge in [0.2, 0.25) is 5.91 Å². The number of amides is 1. The highest BCUT2D eigenvalue weighted by atomic mass is 127. The minimum atomic E-state index is -0.634. The Morgan fingerprint density at radius 1 is 1.35 bits per heavy atom. The number of hydrogen-bond acceptors (Lipinski definition) is 2. The second-order valence-electron chi connectivity index (χ2n) is 3.81. The topological polar surface area (TPSA) is 65.1 Å². The molecule has 0 saturated heterocycles. The van der Waals surface area contributed by atoms with Crippen molar-refractivity contribution < 1.29 is 4.79 Å². The number of aromatic nitrogens is 1. The SMILES string of the molecule is CC(C(N)=O)n1ccc2c(I)cccc2c1=O. The van der Waals surface area contributed by atoms with Gasteiger partial charge in [-0.2, -0.15) is 0 Å². The molecule has 1 aromatic heterocycles. The van der Waals surface area contributed by atoms with Crippen molar-refractivity contribution in [3.05, 3.63) is 44.4 Å². The van der Waals surface area contributed by atoms with Crippen LogP contribution in [0.25, 0.3) is 10.8 Å². The molecule has 4 nitrogen and oxygen atoms in total. The van der Waals surface area contributed by atoms with Crippen molar-refractivity contribution >= 4 is 39.3 Å². The van der Waals surface area contributed by atoms with Crippen LogP contribution in [0, 0.1) is 3.57 Å². The van der Waals surface area contributed by atoms with Crippen LogP contribution in [0.3, 0.4) is 0 Å². The van der Waals surface area contributed by atoms with Gasteiger partial charge in [-0.1, -0.05) is 6.07 Å². The molecule has 0 spiro atoms. The highest BCUT2D eigenvalue weighted by Gasteiger charge is 2.14. The van der Waals surface area contributed by atoms with Gasteiger partial charge in [0.25, 0.3) is 5.56 Å². The summed E-state index contributed by atoms with van der Waals surface area (Å²) >= 11 is 2.18. The second kappa shape index (κ2) is 4.48. The lowest BCUT2D eigenvalue weighted by atomic mass is 10.1. The number of nitrogens with zero attached hydrogens (tertiary/aromatic N) is 1. The van der Waals surface area contributed by atoms with Gasteiger partial charge in [0.15, 0.2) is 0 Å². The molecule has 0 fully saturated rings. The van der Waals surface area contributed by atoms with E-state index in [-0.39, 0.29) is 5.56 Å². The third-order valence-electron chi connectivity index (χ3n) is 2.75. The molecule has 1 atom stereocenters. The van der Waals surface area contributed by atoms with Crippen LogP contribution < -0.4 is 11.3 Å². The molecule has 2 rings (SSSR count). The molecule has 17 heavy (non-hydrogen) atoms. The van der Waals surface area contributed by atoms with Gasteiger partial charge in [-0.3, -0.25) is 9.59 Å². The molecule has 2 N–H and O–H groups in total. The minimum Gasteiger partial charge on any atom is -0.368 e. The van der Waals surface area contributed by atoms with E-state index < -0.39 is 11.9 Å². The fraction of sp³-hybridized carbons (Fsp3) is 0.167. The minimum absolute atomic E-state index is 0.188. The molecule has 2 aromatic rings. The Hall–Kier alpha value is -1.37. The van der Waals surface area contributed by atoms with Crippen molar-refractivity contribution in [3.63, 3.8) is 0 Å². The van der Waals surface area contributed by atoms with Crippen molar-refractivity contribution in [3.8, 4) is 0 Å². The summed E-state index contributed by atoms with van der Waals surface area (Å²) in [7, 11) is 0. The third-order valence-corrected chi connectivity index (χ3v) is 3.69. The van der Waals surface area contributed by atoms with Crippen molar-refractivity contribution in [2.45, 2.75) is 13.0 Å². The molecule has 0 aliphatic rings. The maximum absolute atomic E-state index is 12.2. The summed E-state index contributed by atoms with van der Waals surface area (Å²) in [5.74, 6) is -0.517. The first-order valence-corrected chi connectivity index (χ1v) is 6.19. The fourth-order valence-corrected chi connectivity index (χ4v) is 2.37. The number of primary amides is 1. The van der Waals surface area contributed by atoms with E-state index >= 15 is 0 Å². The first-order chi connectivity index (χ1) is 8.02. The number of hydrogen-bond donors (Lipinski definition) is 1. The predicted octanol–water partition coefficient (Wildman–Crippen LogP) is 1.65. The van der Waals surface area contributed by atoms with Crippen molar-refractivity contribution in [2.24, 2.45) is 5.73 Å². The monoisotopic (exact) mass is 342 g/mol. The highest BCUT2D eigenvalue weighted by molar-refractivity contribution is 14.1. The Kier molecular flexibility index (Phi) is 3.19. The molecule has 1 aromatic carbocycles. The van der Waals surface area contributed by atoms with Crippen LogP contribution in [0.15, 0.2) is 35.3 Å². The van der Waals surface area contributed by atoms with Crippen LogP contribution in [0.1, 0.15) is 13.0 Å². The van der Waals surface area contributed by atoms with Crippen LogP contribution in [0.4, 0.5) is 0 Å². The number of fused-ring (bicyclic) bond motifs is 1. The fourth-order valence-electron chi connectivity index (χ4n) is 1.70. The lowest BCUT2D eigenvalue weighted by Crippen LogP contribution is -2.31. The van der Waals surface area contributed by atoms with E-state index in [1.165, 1.54) is 4.57 Å². The Labute approximate surface area is 112 Å². The molecular formula is C12H11IN2O2. The molecule has 5 heteroatoms. The summed E-state index contributed by atoms with van der Waals surface area (Å²) in [5, 5.41) is 1.50. The molecule has 1 unspecified atom stereocenters. The number of carbonyl (C=O) groups excluding carboxylic acids is 1. The summed E-state index contributed by atoms with van der Waals surface area (Å²) in [5.41, 5.74) is 5.02. The van der Waals surface area contributed by atoms with Gasteiger partial charge in [-0.25, -0.2) is 0 Å². The lowest BCUT2D eigenvalue weighted by Gasteiger charge is -2.12. The predicted molar refractivity (Wildman–Crippen MR) is 74.8 cm³/mol. The second-order valence-corrected chi connectivity index (χ2v) is 4.97. The summed E-state index contributed by atoms with van der Waals surface area (Å²) in [6, 6.07) is 6.71. The van der Waals surface area contributed by atoms with Crippen molar-refractivity contribution in [2.75, 3.05) is 0 Å². The lowest BCUT2D eigenvalue weighted by molar-refractivity contribution is -0.120. The smallest absolute Gasteiger partial charge is 0.259 e. The van der Waals surface area contributed by atoms with Gasteiger partial charge in [0.1, 0.15) is 6.04 Å². The highest BCUT2D eigenvalue weighted by Crippen LogP contribution is 2.18. The molecule has 88 valence electrons. The van der Waals surface area contributed by atoms with E-state index in [1.54, 1.807) is 19.2 Å². The maximum Gasteiger partial charge on any atom is 0.259 e. The summed E-state index contributed by atoms with van der Waals surface area (Å²) in [6.07, 6.45) is 1.61. The third kappa shape index (κ3) is 2.06. The summed E-state index contributed by atoms with van der Waals surface area (Å²) in [4.78, 5) is 23.3. The zero-order valence-electron chi connectivity index (χ0n) is 9.18. The van der Waals surface area contributed by atoms with Gasteiger partial charge >= 0.3 is 0 Å². The molecule has 0 aliphatic heterocycles. The van der Waals surface area contributed by atoms with E-state index in [9.17, 15) is 9.59 Å². The van der Waals surface area contributed by atoms with Gasteiger partial charge in [-0.15, -0.1) is 0 Å². The van der Waals surface area contributed by atoms with Crippen LogP contribution in [0.5, 0.6) is 0 Å². The molecule has 0 saturated carbocycles. The molecular weight excluding hydrogens is 331 g/mol. The normalized spacial score (nSPS) is 12.6. The number of nitrogens with two attached hydrogens (primary N) is 1. The average Bonchev–Trinajstić information content (AvgIpc) is 2.30. The Morgan fingerprint density at radius 2 is 2.06 bits per heavy atom. The first-order valence-electron chi connectivity index (χ1n) is 5.11. The van der Waals surface area contributed by atoms with E-state index in [4.69, 9.17) is 5.73 Å². The summed E-state index contributed by atoms with van der Waals surface area (Å²) < 4.78 is 2.37. The largest absolute Gasteiger partial charge is 0.368 e. The summed E-state index contributed by atoms with van der Waals surface area (Å²) in [6.45, 7) is 1.61. The van der Waals surface area contributed by atoms with E-state index in [2.05, 4.69) is 22.6 Å². The molecule has 0 bridgehead atoms. The van der Waals surface area contributed by atoms with E-state index in [0.717, 1.165) is 8.96 Å². The Balaban J connectivity index is 2.75.